The fourth-order valence-corrected chi connectivity index (χ4v) is 5.87. The fraction of sp³-hybridized carbons (Fsp3) is 0.483. The molecule has 3 N–H and O–H groups in total. The molecule has 234 valence electrons. The molecule has 3 aliphatic rings. The van der Waals surface area contributed by atoms with Crippen molar-refractivity contribution in [3.8, 4) is 0 Å². The first kappa shape index (κ1) is 31.1. The highest BCUT2D eigenvalue weighted by molar-refractivity contribution is 6.11. The summed E-state index contributed by atoms with van der Waals surface area (Å²) in [4.78, 5) is 16.6. The highest BCUT2D eigenvalue weighted by atomic mass is 19.2. The Morgan fingerprint density at radius 2 is 1.26 bits per heavy atom. The molecule has 0 amide bonds. The second-order valence-corrected chi connectivity index (χ2v) is 10.9. The van der Waals surface area contributed by atoms with E-state index in [-0.39, 0.29) is 52.0 Å². The summed E-state index contributed by atoms with van der Waals surface area (Å²) in [7, 11) is 0. The number of piperidine rings is 2. The first-order chi connectivity index (χ1) is 20.5. The van der Waals surface area contributed by atoms with Crippen LogP contribution >= 0.6 is 0 Å². The summed E-state index contributed by atoms with van der Waals surface area (Å²) in [5.74, 6) is -13.2. The van der Waals surface area contributed by atoms with Gasteiger partial charge in [0.2, 0.25) is 0 Å². The third kappa shape index (κ3) is 5.79. The van der Waals surface area contributed by atoms with Crippen LogP contribution < -0.4 is 20.0 Å². The Morgan fingerprint density at radius 3 is 1.86 bits per heavy atom. The van der Waals surface area contributed by atoms with Gasteiger partial charge in [-0.05, 0) is 44.3 Å². The van der Waals surface area contributed by atoms with Crippen LogP contribution in [0.1, 0.15) is 48.0 Å². The number of ketones is 1. The van der Waals surface area contributed by atoms with Gasteiger partial charge in [0.25, 0.3) is 0 Å². The molecule has 3 heterocycles. The number of halogens is 7. The molecule has 3 fully saturated rings. The molecule has 2 aromatic rings. The number of carbonyl (C=O) groups is 1. The topological polar surface area (TPSA) is 79.3 Å². The third-order valence-corrected chi connectivity index (χ3v) is 8.17. The lowest BCUT2D eigenvalue weighted by molar-refractivity contribution is 0.104. The number of benzene rings is 2. The maximum Gasteiger partial charge on any atom is 0.191 e. The molecule has 14 heteroatoms. The van der Waals surface area contributed by atoms with Crippen molar-refractivity contribution in [2.24, 2.45) is 0 Å². The van der Waals surface area contributed by atoms with E-state index in [1.807, 2.05) is 0 Å². The second-order valence-electron chi connectivity index (χ2n) is 10.9. The van der Waals surface area contributed by atoms with E-state index in [0.717, 1.165) is 9.80 Å². The van der Waals surface area contributed by atoms with E-state index in [1.165, 1.54) is 4.90 Å². The SMILES string of the molecule is O=C(/C=C/c1c(F)c(F)c(N2CCC(O)CC2)c(F)c1F)c1c(F)c(F)c(N2CCCCC2O)c(F)c1N1CCNCC1. The van der Waals surface area contributed by atoms with Gasteiger partial charge < -0.3 is 30.2 Å². The molecule has 0 saturated carbocycles. The Morgan fingerprint density at radius 1 is 0.674 bits per heavy atom. The number of rotatable bonds is 6. The Labute approximate surface area is 243 Å². The first-order valence-corrected chi connectivity index (χ1v) is 14.1. The molecule has 7 nitrogen and oxygen atoms in total. The van der Waals surface area contributed by atoms with Gasteiger partial charge in [-0.3, -0.25) is 4.79 Å². The summed E-state index contributed by atoms with van der Waals surface area (Å²) in [5, 5.41) is 23.0. The lowest BCUT2D eigenvalue weighted by atomic mass is 10.00. The Bertz CT molecular complexity index is 1400. The molecule has 3 aliphatic heterocycles. The van der Waals surface area contributed by atoms with Crippen molar-refractivity contribution in [3.63, 3.8) is 0 Å². The van der Waals surface area contributed by atoms with Crippen molar-refractivity contribution in [3.05, 3.63) is 57.9 Å². The lowest BCUT2D eigenvalue weighted by Gasteiger charge is -2.37. The molecule has 0 bridgehead atoms. The zero-order chi connectivity index (χ0) is 31.0. The Kier molecular flexibility index (Phi) is 9.18. The van der Waals surface area contributed by atoms with E-state index in [4.69, 9.17) is 0 Å². The molecule has 1 atom stereocenters. The highest BCUT2D eigenvalue weighted by Crippen LogP contribution is 2.40. The van der Waals surface area contributed by atoms with Crippen LogP contribution in [-0.2, 0) is 0 Å². The van der Waals surface area contributed by atoms with Gasteiger partial charge in [0.15, 0.2) is 46.5 Å². The van der Waals surface area contributed by atoms with Gasteiger partial charge >= 0.3 is 0 Å². The number of piperazine rings is 1. The van der Waals surface area contributed by atoms with Crippen LogP contribution in [0.15, 0.2) is 6.08 Å². The van der Waals surface area contributed by atoms with Gasteiger partial charge in [-0.15, -0.1) is 0 Å². The van der Waals surface area contributed by atoms with Gasteiger partial charge in [0, 0.05) is 45.8 Å². The smallest absolute Gasteiger partial charge is 0.191 e. The Balaban J connectivity index is 1.56. The van der Waals surface area contributed by atoms with Crippen molar-refractivity contribution < 1.29 is 45.7 Å². The van der Waals surface area contributed by atoms with Crippen LogP contribution in [0.2, 0.25) is 0 Å². The summed E-state index contributed by atoms with van der Waals surface area (Å²) >= 11 is 0. The molecular formula is C29H31F7N4O3. The van der Waals surface area contributed by atoms with Crippen LogP contribution in [0.5, 0.6) is 0 Å². The van der Waals surface area contributed by atoms with Gasteiger partial charge in [-0.2, -0.15) is 0 Å². The van der Waals surface area contributed by atoms with E-state index < -0.39 is 87.0 Å². The molecular weight excluding hydrogens is 585 g/mol. The quantitative estimate of drug-likeness (QED) is 0.194. The monoisotopic (exact) mass is 616 g/mol. The highest BCUT2D eigenvalue weighted by Gasteiger charge is 2.36. The van der Waals surface area contributed by atoms with Crippen molar-refractivity contribution in [2.75, 3.05) is 60.5 Å². The maximum atomic E-state index is 16.1. The summed E-state index contributed by atoms with van der Waals surface area (Å²) in [6, 6.07) is 0. The van der Waals surface area contributed by atoms with E-state index in [0.29, 0.717) is 38.1 Å². The summed E-state index contributed by atoms with van der Waals surface area (Å²) in [6.07, 6.45) is 0.295. The van der Waals surface area contributed by atoms with Crippen LogP contribution in [0.25, 0.3) is 6.08 Å². The second kappa shape index (κ2) is 12.7. The first-order valence-electron chi connectivity index (χ1n) is 14.1. The minimum absolute atomic E-state index is 0.0341. The summed E-state index contributed by atoms with van der Waals surface area (Å²) < 4.78 is 107. The maximum absolute atomic E-state index is 16.1. The zero-order valence-electron chi connectivity index (χ0n) is 23.1. The van der Waals surface area contributed by atoms with Gasteiger partial charge in [-0.25, -0.2) is 30.7 Å². The molecule has 5 rings (SSSR count). The van der Waals surface area contributed by atoms with Crippen molar-refractivity contribution in [1.29, 1.82) is 0 Å². The molecule has 0 spiro atoms. The summed E-state index contributed by atoms with van der Waals surface area (Å²) in [6.45, 7) is 0.758. The molecule has 0 radical (unpaired) electrons. The third-order valence-electron chi connectivity index (χ3n) is 8.17. The molecule has 43 heavy (non-hydrogen) atoms. The molecule has 0 aliphatic carbocycles. The van der Waals surface area contributed by atoms with E-state index in [2.05, 4.69) is 5.32 Å². The van der Waals surface area contributed by atoms with Crippen LogP contribution in [-0.4, -0.2) is 74.1 Å². The van der Waals surface area contributed by atoms with Crippen molar-refractivity contribution in [1.82, 2.24) is 5.32 Å². The minimum atomic E-state index is -1.82. The fourth-order valence-electron chi connectivity index (χ4n) is 5.87. The molecule has 0 aromatic heterocycles. The molecule has 3 saturated heterocycles. The van der Waals surface area contributed by atoms with Gasteiger partial charge in [-0.1, -0.05) is 0 Å². The van der Waals surface area contributed by atoms with E-state index in [9.17, 15) is 23.8 Å². The number of allylic oxidation sites excluding steroid dienone is 1. The Hall–Kier alpha value is -3.36. The number of anilines is 3. The standard InChI is InChI=1S/C29H31F7N4O3/c30-20-16(21(31)24(34)28(23(20)33)38-11-6-15(41)7-12-38)4-5-17(42)19-22(32)25(35)29(40-10-2-1-3-18(40)43)26(36)27(19)39-13-8-37-9-14-39/h4-5,15,18,37,41,43H,1-3,6-14H2/b5-4+. The number of nitrogens with zero attached hydrogens (tertiary/aromatic N) is 3. The number of aliphatic hydroxyl groups is 2. The van der Waals surface area contributed by atoms with E-state index >= 15 is 22.0 Å². The largest absolute Gasteiger partial charge is 0.393 e. The van der Waals surface area contributed by atoms with Crippen LogP contribution in [0.3, 0.4) is 0 Å². The van der Waals surface area contributed by atoms with Crippen molar-refractivity contribution >= 4 is 28.9 Å². The summed E-state index contributed by atoms with van der Waals surface area (Å²) in [5.41, 5.74) is -4.72. The predicted molar refractivity (Wildman–Crippen MR) is 146 cm³/mol. The van der Waals surface area contributed by atoms with Gasteiger partial charge in [0.05, 0.1) is 22.9 Å². The minimum Gasteiger partial charge on any atom is -0.393 e. The lowest BCUT2D eigenvalue weighted by Crippen LogP contribution is -2.45. The van der Waals surface area contributed by atoms with Crippen molar-refractivity contribution in [2.45, 2.75) is 44.4 Å². The average Bonchev–Trinajstić information content (AvgIpc) is 3.00. The predicted octanol–water partition coefficient (Wildman–Crippen LogP) is 4.24. The normalized spacial score (nSPS) is 20.4. The van der Waals surface area contributed by atoms with Crippen LogP contribution in [0, 0.1) is 40.7 Å². The number of aliphatic hydroxyl groups excluding tert-OH is 2. The molecule has 2 aromatic carbocycles. The van der Waals surface area contributed by atoms with E-state index in [1.54, 1.807) is 0 Å². The number of hydrogen-bond donors (Lipinski definition) is 3. The average molecular weight is 617 g/mol. The molecule has 1 unspecified atom stereocenters. The van der Waals surface area contributed by atoms with Crippen LogP contribution in [0.4, 0.5) is 47.8 Å². The number of hydrogen-bond acceptors (Lipinski definition) is 7. The zero-order valence-corrected chi connectivity index (χ0v) is 23.1. The number of nitrogens with one attached hydrogen (secondary N) is 1. The number of carbonyl (C=O) groups excluding carboxylic acids is 1. The van der Waals surface area contributed by atoms with Gasteiger partial charge in [0.1, 0.15) is 17.6 Å².